The van der Waals surface area contributed by atoms with Crippen molar-refractivity contribution in [3.05, 3.63) is 37.9 Å². The Balaban J connectivity index is 2.63. The molecule has 6 heteroatoms. The average Bonchev–Trinajstić information content (AvgIpc) is 2.52. The highest BCUT2D eigenvalue weighted by Gasteiger charge is 2.03. The number of nitrogens with one attached hydrogen (secondary N) is 1. The van der Waals surface area contributed by atoms with E-state index >= 15 is 0 Å². The Morgan fingerprint density at radius 3 is 2.86 bits per heavy atom. The number of aromatic amines is 1. The molecular weight excluding hydrogens is 333 g/mol. The molecule has 0 spiro atoms. The van der Waals surface area contributed by atoms with Crippen molar-refractivity contribution >= 4 is 46.4 Å². The summed E-state index contributed by atoms with van der Waals surface area (Å²) in [6, 6.07) is 5.62. The van der Waals surface area contributed by atoms with E-state index < -0.39 is 0 Å². The summed E-state index contributed by atoms with van der Waals surface area (Å²) in [5.41, 5.74) is 0.980. The summed E-state index contributed by atoms with van der Waals surface area (Å²) in [4.78, 5) is 0. The maximum absolute atomic E-state index is 5.85. The normalized spacial score (nSPS) is 10.4. The third-order valence-electron chi connectivity index (χ3n) is 1.72. The van der Waals surface area contributed by atoms with E-state index in [4.69, 9.17) is 23.8 Å². The Hall–Kier alpha value is -0.400. The highest BCUT2D eigenvalue weighted by atomic mass is 127. The van der Waals surface area contributed by atoms with Gasteiger partial charge in [-0.2, -0.15) is 5.10 Å². The molecule has 1 aromatic heterocycles. The van der Waals surface area contributed by atoms with E-state index in [0.29, 0.717) is 9.79 Å². The lowest BCUT2D eigenvalue weighted by Crippen LogP contribution is -1.94. The minimum atomic E-state index is 0.574. The van der Waals surface area contributed by atoms with Crippen LogP contribution in [0.5, 0.6) is 0 Å². The van der Waals surface area contributed by atoms with Crippen LogP contribution in [0, 0.1) is 8.34 Å². The van der Waals surface area contributed by atoms with Gasteiger partial charge in [0.25, 0.3) is 0 Å². The van der Waals surface area contributed by atoms with Gasteiger partial charge in [0.2, 0.25) is 0 Å². The molecule has 0 amide bonds. The number of halogens is 2. The van der Waals surface area contributed by atoms with E-state index in [1.165, 1.54) is 0 Å². The Bertz CT molecular complexity index is 519. The minimum absolute atomic E-state index is 0.574. The van der Waals surface area contributed by atoms with Crippen molar-refractivity contribution in [2.24, 2.45) is 0 Å². The monoisotopic (exact) mass is 337 g/mol. The Labute approximate surface area is 104 Å². The molecule has 3 nitrogen and oxygen atoms in total. The SMILES string of the molecule is S=c1[nH]ncn1-c1ccc(Cl)cc1I. The van der Waals surface area contributed by atoms with Gasteiger partial charge >= 0.3 is 0 Å². The summed E-state index contributed by atoms with van der Waals surface area (Å²) in [6.07, 6.45) is 1.65. The second-order valence-electron chi connectivity index (χ2n) is 2.63. The highest BCUT2D eigenvalue weighted by Crippen LogP contribution is 2.21. The van der Waals surface area contributed by atoms with Gasteiger partial charge in [0.05, 0.1) is 5.69 Å². The number of benzene rings is 1. The van der Waals surface area contributed by atoms with Crippen LogP contribution in [-0.2, 0) is 0 Å². The first-order valence-electron chi connectivity index (χ1n) is 3.76. The topological polar surface area (TPSA) is 33.6 Å². The molecule has 2 rings (SSSR count). The number of nitrogens with zero attached hydrogens (tertiary/aromatic N) is 2. The van der Waals surface area contributed by atoms with E-state index in [0.717, 1.165) is 9.26 Å². The molecule has 0 aliphatic heterocycles. The fourth-order valence-corrected chi connectivity index (χ4v) is 2.43. The van der Waals surface area contributed by atoms with Crippen molar-refractivity contribution in [3.63, 3.8) is 0 Å². The molecule has 1 N–H and O–H groups in total. The summed E-state index contributed by atoms with van der Waals surface area (Å²) in [6.45, 7) is 0. The van der Waals surface area contributed by atoms with Crippen LogP contribution >= 0.6 is 46.4 Å². The largest absolute Gasteiger partial charge is 0.274 e. The molecular formula is C8H5ClIN3S. The number of aromatic nitrogens is 3. The van der Waals surface area contributed by atoms with Gasteiger partial charge in [0, 0.05) is 8.59 Å². The van der Waals surface area contributed by atoms with Crippen LogP contribution in [0.1, 0.15) is 0 Å². The molecule has 1 aromatic carbocycles. The lowest BCUT2D eigenvalue weighted by molar-refractivity contribution is 1.02. The minimum Gasteiger partial charge on any atom is -0.274 e. The van der Waals surface area contributed by atoms with Crippen LogP contribution in [0.15, 0.2) is 24.5 Å². The van der Waals surface area contributed by atoms with Crippen LogP contribution in [0.4, 0.5) is 0 Å². The molecule has 2 aromatic rings. The molecule has 0 fully saturated rings. The average molecular weight is 338 g/mol. The van der Waals surface area contributed by atoms with Gasteiger partial charge in [-0.3, -0.25) is 9.67 Å². The van der Waals surface area contributed by atoms with Gasteiger partial charge in [-0.15, -0.1) is 0 Å². The summed E-state index contributed by atoms with van der Waals surface area (Å²) < 4.78 is 3.41. The van der Waals surface area contributed by atoms with Gasteiger partial charge < -0.3 is 0 Å². The second-order valence-corrected chi connectivity index (χ2v) is 4.61. The maximum atomic E-state index is 5.85. The lowest BCUT2D eigenvalue weighted by Gasteiger charge is -2.04. The molecule has 0 radical (unpaired) electrons. The molecule has 0 aliphatic carbocycles. The maximum Gasteiger partial charge on any atom is 0.199 e. The molecule has 0 saturated heterocycles. The first-order chi connectivity index (χ1) is 6.68. The summed E-state index contributed by atoms with van der Waals surface area (Å²) in [5, 5.41) is 7.28. The fraction of sp³-hybridized carbons (Fsp3) is 0. The first-order valence-corrected chi connectivity index (χ1v) is 5.62. The zero-order chi connectivity index (χ0) is 10.1. The van der Waals surface area contributed by atoms with Crippen molar-refractivity contribution in [2.45, 2.75) is 0 Å². The standard InChI is InChI=1S/C8H5ClIN3S/c9-5-1-2-7(6(10)3-5)13-4-11-12-8(13)14/h1-4H,(H,12,14). The Morgan fingerprint density at radius 1 is 1.50 bits per heavy atom. The zero-order valence-electron chi connectivity index (χ0n) is 6.87. The molecule has 0 saturated carbocycles. The number of H-pyrrole nitrogens is 1. The number of rotatable bonds is 1. The van der Waals surface area contributed by atoms with Crippen molar-refractivity contribution < 1.29 is 0 Å². The van der Waals surface area contributed by atoms with Gasteiger partial charge in [-0.25, -0.2) is 0 Å². The first kappa shape index (κ1) is 10.1. The summed E-state index contributed by atoms with van der Waals surface area (Å²) in [5.74, 6) is 0. The van der Waals surface area contributed by atoms with Crippen molar-refractivity contribution in [1.29, 1.82) is 0 Å². The van der Waals surface area contributed by atoms with E-state index in [1.54, 1.807) is 10.9 Å². The predicted octanol–water partition coefficient (Wildman–Crippen LogP) is 3.19. The van der Waals surface area contributed by atoms with Gasteiger partial charge in [0.15, 0.2) is 4.77 Å². The van der Waals surface area contributed by atoms with E-state index in [1.807, 2.05) is 18.2 Å². The number of hydrogen-bond donors (Lipinski definition) is 1. The molecule has 72 valence electrons. The molecule has 0 atom stereocenters. The number of hydrogen-bond acceptors (Lipinski definition) is 2. The van der Waals surface area contributed by atoms with Crippen LogP contribution in [-0.4, -0.2) is 14.8 Å². The fourth-order valence-electron chi connectivity index (χ4n) is 1.10. The summed E-state index contributed by atoms with van der Waals surface area (Å²) in [7, 11) is 0. The summed E-state index contributed by atoms with van der Waals surface area (Å²) >= 11 is 13.1. The van der Waals surface area contributed by atoms with E-state index in [-0.39, 0.29) is 0 Å². The van der Waals surface area contributed by atoms with Crippen molar-refractivity contribution in [3.8, 4) is 5.69 Å². The Kier molecular flexibility index (Phi) is 2.89. The van der Waals surface area contributed by atoms with Crippen LogP contribution in [0.2, 0.25) is 5.02 Å². The van der Waals surface area contributed by atoms with Crippen LogP contribution in [0.3, 0.4) is 0 Å². The van der Waals surface area contributed by atoms with Gasteiger partial charge in [0.1, 0.15) is 6.33 Å². The van der Waals surface area contributed by atoms with E-state index in [9.17, 15) is 0 Å². The van der Waals surface area contributed by atoms with Gasteiger partial charge in [-0.1, -0.05) is 11.6 Å². The predicted molar refractivity (Wildman–Crippen MR) is 66.5 cm³/mol. The van der Waals surface area contributed by atoms with Crippen molar-refractivity contribution in [1.82, 2.24) is 14.8 Å². The van der Waals surface area contributed by atoms with Crippen LogP contribution in [0.25, 0.3) is 5.69 Å². The third kappa shape index (κ3) is 1.84. The molecule has 0 unspecified atom stereocenters. The highest BCUT2D eigenvalue weighted by molar-refractivity contribution is 14.1. The molecule has 0 bridgehead atoms. The zero-order valence-corrected chi connectivity index (χ0v) is 10.6. The quantitative estimate of drug-likeness (QED) is 0.640. The Morgan fingerprint density at radius 2 is 2.29 bits per heavy atom. The van der Waals surface area contributed by atoms with E-state index in [2.05, 4.69) is 32.8 Å². The second kappa shape index (κ2) is 4.00. The lowest BCUT2D eigenvalue weighted by atomic mass is 10.3. The molecule has 14 heavy (non-hydrogen) atoms. The van der Waals surface area contributed by atoms with Crippen LogP contribution < -0.4 is 0 Å². The smallest absolute Gasteiger partial charge is 0.199 e. The molecule has 1 heterocycles. The van der Waals surface area contributed by atoms with Crippen molar-refractivity contribution in [2.75, 3.05) is 0 Å². The molecule has 0 aliphatic rings. The van der Waals surface area contributed by atoms with Gasteiger partial charge in [-0.05, 0) is 53.0 Å². The third-order valence-corrected chi connectivity index (χ3v) is 3.11.